The average molecular weight is 353 g/mol. The molecule has 0 aliphatic heterocycles. The number of carbonyl (C=O) groups excluding carboxylic acids is 2. The van der Waals surface area contributed by atoms with Gasteiger partial charge in [0.15, 0.2) is 0 Å². The highest BCUT2D eigenvalue weighted by Crippen LogP contribution is 2.26. The molecule has 0 fully saturated rings. The minimum Gasteiger partial charge on any atom is -0.496 e. The molecule has 26 heavy (non-hydrogen) atoms. The number of hydrogen-bond donors (Lipinski definition) is 2. The number of nitrogens with zero attached hydrogens (tertiary/aromatic N) is 1. The zero-order valence-corrected chi connectivity index (χ0v) is 14.5. The summed E-state index contributed by atoms with van der Waals surface area (Å²) in [5.41, 5.74) is 1.31. The quantitative estimate of drug-likeness (QED) is 0.774. The number of benzene rings is 2. The summed E-state index contributed by atoms with van der Waals surface area (Å²) in [5, 5.41) is 14.0. The van der Waals surface area contributed by atoms with E-state index in [4.69, 9.17) is 14.7 Å². The van der Waals surface area contributed by atoms with Gasteiger partial charge >= 0.3 is 11.8 Å². The molecular formula is C19H19N3O4. The van der Waals surface area contributed by atoms with Crippen LogP contribution in [0.25, 0.3) is 0 Å². The molecule has 1 atom stereocenters. The number of rotatable bonds is 6. The van der Waals surface area contributed by atoms with Crippen LogP contribution < -0.4 is 15.4 Å². The minimum absolute atomic E-state index is 0.0863. The van der Waals surface area contributed by atoms with E-state index in [1.807, 2.05) is 24.3 Å². The first-order valence-corrected chi connectivity index (χ1v) is 7.84. The fourth-order valence-electron chi connectivity index (χ4n) is 2.39. The Labute approximate surface area is 151 Å². The molecule has 2 N–H and O–H groups in total. The number of anilines is 1. The van der Waals surface area contributed by atoms with Gasteiger partial charge in [0.25, 0.3) is 0 Å². The minimum atomic E-state index is -0.859. The lowest BCUT2D eigenvalue weighted by atomic mass is 10.1. The van der Waals surface area contributed by atoms with Gasteiger partial charge in [0.2, 0.25) is 0 Å². The standard InChI is InChI=1S/C19H19N3O4/c1-25-16-10-6-4-8-14(16)17(26-2)12-21-18(23)19(24)22-15-9-5-3-7-13(15)11-20/h3-10,17H,12H2,1-2H3,(H,21,23)(H,22,24). The Balaban J connectivity index is 2.00. The van der Waals surface area contributed by atoms with Gasteiger partial charge in [0.1, 0.15) is 17.9 Å². The molecular weight excluding hydrogens is 334 g/mol. The molecule has 0 aliphatic carbocycles. The highest BCUT2D eigenvalue weighted by atomic mass is 16.5. The zero-order chi connectivity index (χ0) is 18.9. The van der Waals surface area contributed by atoms with Crippen LogP contribution in [0.5, 0.6) is 5.75 Å². The van der Waals surface area contributed by atoms with Crippen LogP contribution in [0.15, 0.2) is 48.5 Å². The van der Waals surface area contributed by atoms with Crippen molar-refractivity contribution in [2.24, 2.45) is 0 Å². The van der Waals surface area contributed by atoms with Gasteiger partial charge in [-0.1, -0.05) is 30.3 Å². The maximum absolute atomic E-state index is 12.1. The molecule has 0 aliphatic rings. The maximum atomic E-state index is 12.1. The second-order valence-electron chi connectivity index (χ2n) is 5.29. The fraction of sp³-hybridized carbons (Fsp3) is 0.211. The largest absolute Gasteiger partial charge is 0.496 e. The summed E-state index contributed by atoms with van der Waals surface area (Å²) >= 11 is 0. The molecule has 0 saturated carbocycles. The predicted octanol–water partition coefficient (Wildman–Crippen LogP) is 2.01. The van der Waals surface area contributed by atoms with Crippen molar-refractivity contribution in [1.29, 1.82) is 5.26 Å². The van der Waals surface area contributed by atoms with Crippen LogP contribution in [0.4, 0.5) is 5.69 Å². The van der Waals surface area contributed by atoms with E-state index < -0.39 is 17.9 Å². The van der Waals surface area contributed by atoms with Gasteiger partial charge < -0.3 is 20.1 Å². The molecule has 2 aromatic carbocycles. The van der Waals surface area contributed by atoms with Gasteiger partial charge in [-0.25, -0.2) is 0 Å². The van der Waals surface area contributed by atoms with Gasteiger partial charge in [0, 0.05) is 19.2 Å². The van der Waals surface area contributed by atoms with Crippen molar-refractivity contribution in [2.45, 2.75) is 6.10 Å². The first kappa shape index (κ1) is 19.0. The number of carbonyl (C=O) groups is 2. The summed E-state index contributed by atoms with van der Waals surface area (Å²) in [6.45, 7) is 0.0863. The number of amides is 2. The molecule has 0 radical (unpaired) electrons. The van der Waals surface area contributed by atoms with E-state index in [1.165, 1.54) is 7.11 Å². The third kappa shape index (κ3) is 4.59. The predicted molar refractivity (Wildman–Crippen MR) is 95.5 cm³/mol. The third-order valence-corrected chi connectivity index (χ3v) is 3.72. The molecule has 134 valence electrons. The second kappa shape index (κ2) is 9.20. The van der Waals surface area contributed by atoms with Crippen molar-refractivity contribution in [3.63, 3.8) is 0 Å². The van der Waals surface area contributed by atoms with E-state index in [0.29, 0.717) is 5.75 Å². The summed E-state index contributed by atoms with van der Waals surface area (Å²) in [5.74, 6) is -1.06. The van der Waals surface area contributed by atoms with E-state index in [0.717, 1.165) is 5.56 Å². The van der Waals surface area contributed by atoms with Crippen LogP contribution in [-0.2, 0) is 14.3 Å². The van der Waals surface area contributed by atoms with Gasteiger partial charge in [-0.2, -0.15) is 5.26 Å². The molecule has 1 unspecified atom stereocenters. The van der Waals surface area contributed by atoms with Gasteiger partial charge in [-0.3, -0.25) is 9.59 Å². The molecule has 0 saturated heterocycles. The zero-order valence-electron chi connectivity index (χ0n) is 14.5. The molecule has 7 nitrogen and oxygen atoms in total. The molecule has 2 aromatic rings. The Morgan fingerprint density at radius 2 is 1.77 bits per heavy atom. The lowest BCUT2D eigenvalue weighted by Gasteiger charge is -2.19. The van der Waals surface area contributed by atoms with Crippen molar-refractivity contribution in [2.75, 3.05) is 26.1 Å². The summed E-state index contributed by atoms with van der Waals surface area (Å²) in [6.07, 6.45) is -0.478. The summed E-state index contributed by atoms with van der Waals surface area (Å²) < 4.78 is 10.7. The van der Waals surface area contributed by atoms with Gasteiger partial charge in [-0.05, 0) is 18.2 Å². The number of methoxy groups -OCH3 is 2. The Bertz CT molecular complexity index is 830. The number of nitrogens with one attached hydrogen (secondary N) is 2. The van der Waals surface area contributed by atoms with Crippen molar-refractivity contribution < 1.29 is 19.1 Å². The third-order valence-electron chi connectivity index (χ3n) is 3.72. The van der Waals surface area contributed by atoms with Gasteiger partial charge in [0.05, 0.1) is 18.4 Å². The molecule has 7 heteroatoms. The molecule has 2 rings (SSSR count). The molecule has 2 amide bonds. The van der Waals surface area contributed by atoms with Crippen molar-refractivity contribution in [3.8, 4) is 11.8 Å². The Kier molecular flexibility index (Phi) is 6.71. The van der Waals surface area contributed by atoms with Crippen LogP contribution in [0.3, 0.4) is 0 Å². The molecule has 0 aromatic heterocycles. The Morgan fingerprint density at radius 3 is 2.46 bits per heavy atom. The fourth-order valence-corrected chi connectivity index (χ4v) is 2.39. The van der Waals surface area contributed by atoms with E-state index in [2.05, 4.69) is 10.6 Å². The normalized spacial score (nSPS) is 11.1. The lowest BCUT2D eigenvalue weighted by Crippen LogP contribution is -2.38. The first-order valence-electron chi connectivity index (χ1n) is 7.84. The van der Waals surface area contributed by atoms with Crippen LogP contribution in [0.2, 0.25) is 0 Å². The highest BCUT2D eigenvalue weighted by Gasteiger charge is 2.20. The van der Waals surface area contributed by atoms with E-state index in [1.54, 1.807) is 37.4 Å². The monoisotopic (exact) mass is 353 g/mol. The molecule has 0 bridgehead atoms. The summed E-state index contributed by atoms with van der Waals surface area (Å²) in [6, 6.07) is 15.7. The summed E-state index contributed by atoms with van der Waals surface area (Å²) in [7, 11) is 3.05. The Hall–Kier alpha value is -3.37. The second-order valence-corrected chi connectivity index (χ2v) is 5.29. The van der Waals surface area contributed by atoms with E-state index >= 15 is 0 Å². The van der Waals surface area contributed by atoms with Crippen LogP contribution >= 0.6 is 0 Å². The van der Waals surface area contributed by atoms with E-state index in [-0.39, 0.29) is 17.8 Å². The molecule has 0 heterocycles. The van der Waals surface area contributed by atoms with Crippen LogP contribution in [-0.4, -0.2) is 32.6 Å². The SMILES string of the molecule is COc1ccccc1C(CNC(=O)C(=O)Nc1ccccc1C#N)OC. The highest BCUT2D eigenvalue weighted by molar-refractivity contribution is 6.39. The lowest BCUT2D eigenvalue weighted by molar-refractivity contribution is -0.136. The Morgan fingerprint density at radius 1 is 1.08 bits per heavy atom. The summed E-state index contributed by atoms with van der Waals surface area (Å²) in [4.78, 5) is 24.1. The molecule has 0 spiro atoms. The van der Waals surface area contributed by atoms with Crippen molar-refractivity contribution >= 4 is 17.5 Å². The van der Waals surface area contributed by atoms with Crippen LogP contribution in [0.1, 0.15) is 17.2 Å². The van der Waals surface area contributed by atoms with Crippen LogP contribution in [0, 0.1) is 11.3 Å². The van der Waals surface area contributed by atoms with Crippen molar-refractivity contribution in [1.82, 2.24) is 5.32 Å². The average Bonchev–Trinajstić information content (AvgIpc) is 2.68. The number of ether oxygens (including phenoxy) is 2. The number of para-hydroxylation sites is 2. The van der Waals surface area contributed by atoms with Gasteiger partial charge in [-0.15, -0.1) is 0 Å². The van der Waals surface area contributed by atoms with E-state index in [9.17, 15) is 9.59 Å². The smallest absolute Gasteiger partial charge is 0.313 e. The number of nitriles is 1. The topological polar surface area (TPSA) is 100 Å². The first-order chi connectivity index (χ1) is 12.6. The maximum Gasteiger partial charge on any atom is 0.313 e. The number of hydrogen-bond acceptors (Lipinski definition) is 5. The van der Waals surface area contributed by atoms with Crippen molar-refractivity contribution in [3.05, 3.63) is 59.7 Å².